The molecular weight excluding hydrogens is 240 g/mol. The lowest BCUT2D eigenvalue weighted by Gasteiger charge is -2.23. The number of nitrogens with zero attached hydrogens (tertiary/aromatic N) is 3. The average molecular weight is 260 g/mol. The summed E-state index contributed by atoms with van der Waals surface area (Å²) in [4.78, 5) is 18.1. The van der Waals surface area contributed by atoms with E-state index in [1.165, 1.54) is 0 Å². The van der Waals surface area contributed by atoms with Crippen LogP contribution in [0.5, 0.6) is 0 Å². The number of aryl methyl sites for hydroxylation is 1. The maximum atomic E-state index is 12.3. The summed E-state index contributed by atoms with van der Waals surface area (Å²) in [6, 6.07) is 5.30. The second-order valence-corrected chi connectivity index (χ2v) is 4.65. The van der Waals surface area contributed by atoms with Crippen LogP contribution in [0, 0.1) is 11.3 Å². The Kier molecular flexibility index (Phi) is 5.31. The number of hydrogen-bond donors (Lipinski definition) is 1. The van der Waals surface area contributed by atoms with Crippen LogP contribution in [0.15, 0.2) is 12.1 Å². The summed E-state index contributed by atoms with van der Waals surface area (Å²) in [6.45, 7) is 3.89. The molecule has 19 heavy (non-hydrogen) atoms. The summed E-state index contributed by atoms with van der Waals surface area (Å²) in [5, 5.41) is 8.68. The number of nitriles is 1. The Morgan fingerprint density at radius 2 is 2.26 bits per heavy atom. The van der Waals surface area contributed by atoms with E-state index in [2.05, 4.69) is 11.1 Å². The third kappa shape index (κ3) is 3.95. The molecule has 1 atom stereocenters. The molecule has 1 aromatic heterocycles. The number of carbonyl (C=O) groups is 1. The molecule has 0 bridgehead atoms. The molecule has 0 spiro atoms. The molecule has 0 aliphatic heterocycles. The number of pyridine rings is 1. The lowest BCUT2D eigenvalue weighted by Crippen LogP contribution is -2.35. The van der Waals surface area contributed by atoms with Crippen molar-refractivity contribution >= 4 is 11.7 Å². The summed E-state index contributed by atoms with van der Waals surface area (Å²) < 4.78 is 0. The number of carbonyl (C=O) groups excluding carboxylic acids is 1. The molecule has 0 radical (unpaired) electrons. The Balaban J connectivity index is 2.96. The molecule has 5 nitrogen and oxygen atoms in total. The topological polar surface area (TPSA) is 83.0 Å². The third-order valence-corrected chi connectivity index (χ3v) is 3.02. The van der Waals surface area contributed by atoms with Gasteiger partial charge in [-0.15, -0.1) is 0 Å². The van der Waals surface area contributed by atoms with E-state index < -0.39 is 0 Å². The Morgan fingerprint density at radius 3 is 2.84 bits per heavy atom. The van der Waals surface area contributed by atoms with E-state index in [1.54, 1.807) is 24.1 Å². The van der Waals surface area contributed by atoms with Gasteiger partial charge in [0.05, 0.1) is 12.5 Å². The van der Waals surface area contributed by atoms with Gasteiger partial charge in [-0.3, -0.25) is 4.79 Å². The lowest BCUT2D eigenvalue weighted by atomic mass is 10.1. The third-order valence-electron chi connectivity index (χ3n) is 3.02. The van der Waals surface area contributed by atoms with Crippen LogP contribution in [-0.2, 0) is 6.42 Å². The standard InChI is InChI=1S/C14H20N4O/c1-4-5-12-8-11(9-13(16)17-12)14(19)18(3)10(2)6-7-15/h8-10H,4-6H2,1-3H3,(H2,16,17). The van der Waals surface area contributed by atoms with Crippen LogP contribution in [0.2, 0.25) is 0 Å². The van der Waals surface area contributed by atoms with Crippen LogP contribution in [0.1, 0.15) is 42.7 Å². The Hall–Kier alpha value is -2.09. The highest BCUT2D eigenvalue weighted by Gasteiger charge is 2.18. The van der Waals surface area contributed by atoms with Crippen molar-refractivity contribution in [2.24, 2.45) is 0 Å². The van der Waals surface area contributed by atoms with Gasteiger partial charge in [0.2, 0.25) is 0 Å². The minimum absolute atomic E-state index is 0.124. The van der Waals surface area contributed by atoms with Gasteiger partial charge in [-0.2, -0.15) is 5.26 Å². The number of amides is 1. The normalized spacial score (nSPS) is 11.7. The summed E-state index contributed by atoms with van der Waals surface area (Å²) in [5.41, 5.74) is 7.09. The van der Waals surface area contributed by atoms with Gasteiger partial charge < -0.3 is 10.6 Å². The summed E-state index contributed by atoms with van der Waals surface area (Å²) in [5.74, 6) is 0.227. The van der Waals surface area contributed by atoms with Crippen molar-refractivity contribution in [3.05, 3.63) is 23.4 Å². The largest absolute Gasteiger partial charge is 0.384 e. The fraction of sp³-hybridized carbons (Fsp3) is 0.500. The zero-order valence-electron chi connectivity index (χ0n) is 11.7. The number of nitrogen functional groups attached to an aromatic ring is 1. The molecule has 0 fully saturated rings. The molecule has 0 aromatic carbocycles. The number of rotatable bonds is 5. The van der Waals surface area contributed by atoms with Gasteiger partial charge in [-0.25, -0.2) is 4.98 Å². The van der Waals surface area contributed by atoms with Crippen molar-refractivity contribution in [2.45, 2.75) is 39.2 Å². The van der Waals surface area contributed by atoms with Crippen LogP contribution in [-0.4, -0.2) is 28.9 Å². The lowest BCUT2D eigenvalue weighted by molar-refractivity contribution is 0.0746. The second-order valence-electron chi connectivity index (χ2n) is 4.65. The van der Waals surface area contributed by atoms with Gasteiger partial charge in [-0.1, -0.05) is 13.3 Å². The highest BCUT2D eigenvalue weighted by Crippen LogP contribution is 2.13. The molecule has 1 heterocycles. The van der Waals surface area contributed by atoms with Crippen LogP contribution < -0.4 is 5.73 Å². The van der Waals surface area contributed by atoms with Crippen molar-refractivity contribution in [3.8, 4) is 6.07 Å². The molecule has 0 aliphatic rings. The van der Waals surface area contributed by atoms with E-state index in [1.807, 2.05) is 13.8 Å². The van der Waals surface area contributed by atoms with Gasteiger partial charge in [0.15, 0.2) is 0 Å². The highest BCUT2D eigenvalue weighted by molar-refractivity contribution is 5.95. The zero-order valence-corrected chi connectivity index (χ0v) is 11.7. The fourth-order valence-electron chi connectivity index (χ4n) is 1.79. The SMILES string of the molecule is CCCc1cc(C(=O)N(C)C(C)CC#N)cc(N)n1. The van der Waals surface area contributed by atoms with E-state index in [0.717, 1.165) is 18.5 Å². The molecule has 1 rings (SSSR count). The van der Waals surface area contributed by atoms with Gasteiger partial charge in [0.25, 0.3) is 5.91 Å². The van der Waals surface area contributed by atoms with Crippen LogP contribution in [0.4, 0.5) is 5.82 Å². The highest BCUT2D eigenvalue weighted by atomic mass is 16.2. The van der Waals surface area contributed by atoms with Crippen molar-refractivity contribution in [1.29, 1.82) is 5.26 Å². The minimum Gasteiger partial charge on any atom is -0.384 e. The van der Waals surface area contributed by atoms with Crippen molar-refractivity contribution in [1.82, 2.24) is 9.88 Å². The zero-order chi connectivity index (χ0) is 14.4. The van der Waals surface area contributed by atoms with Gasteiger partial charge in [0.1, 0.15) is 5.82 Å². The van der Waals surface area contributed by atoms with Crippen molar-refractivity contribution in [3.63, 3.8) is 0 Å². The molecule has 0 aliphatic carbocycles. The molecular formula is C14H20N4O. The van der Waals surface area contributed by atoms with Gasteiger partial charge >= 0.3 is 0 Å². The predicted octanol–water partition coefficient (Wildman–Crippen LogP) is 1.99. The number of nitrogens with two attached hydrogens (primary N) is 1. The van der Waals surface area contributed by atoms with E-state index in [-0.39, 0.29) is 11.9 Å². The second kappa shape index (κ2) is 6.74. The smallest absolute Gasteiger partial charge is 0.254 e. The molecule has 102 valence electrons. The summed E-state index contributed by atoms with van der Waals surface area (Å²) >= 11 is 0. The fourth-order valence-corrected chi connectivity index (χ4v) is 1.79. The average Bonchev–Trinajstić information content (AvgIpc) is 2.37. The molecule has 1 amide bonds. The first-order valence-corrected chi connectivity index (χ1v) is 6.40. The first-order chi connectivity index (χ1) is 8.99. The maximum Gasteiger partial charge on any atom is 0.254 e. The van der Waals surface area contributed by atoms with Crippen LogP contribution >= 0.6 is 0 Å². The van der Waals surface area contributed by atoms with E-state index >= 15 is 0 Å². The first-order valence-electron chi connectivity index (χ1n) is 6.40. The molecule has 2 N–H and O–H groups in total. The van der Waals surface area contributed by atoms with Crippen LogP contribution in [0.25, 0.3) is 0 Å². The predicted molar refractivity (Wildman–Crippen MR) is 74.4 cm³/mol. The number of aromatic nitrogens is 1. The van der Waals surface area contributed by atoms with Crippen molar-refractivity contribution < 1.29 is 4.79 Å². The molecule has 0 saturated heterocycles. The van der Waals surface area contributed by atoms with Gasteiger partial charge in [-0.05, 0) is 25.5 Å². The number of hydrogen-bond acceptors (Lipinski definition) is 4. The molecule has 1 unspecified atom stereocenters. The first kappa shape index (κ1) is 15.0. The van der Waals surface area contributed by atoms with E-state index in [9.17, 15) is 4.79 Å². The summed E-state index contributed by atoms with van der Waals surface area (Å²) in [6.07, 6.45) is 2.05. The Morgan fingerprint density at radius 1 is 1.58 bits per heavy atom. The quantitative estimate of drug-likeness (QED) is 0.877. The van der Waals surface area contributed by atoms with E-state index in [4.69, 9.17) is 11.0 Å². The minimum atomic E-state index is -0.130. The molecule has 5 heteroatoms. The Labute approximate surface area is 114 Å². The van der Waals surface area contributed by atoms with Gasteiger partial charge in [0, 0.05) is 24.3 Å². The molecule has 1 aromatic rings. The van der Waals surface area contributed by atoms with E-state index in [0.29, 0.717) is 17.8 Å². The van der Waals surface area contributed by atoms with Crippen LogP contribution in [0.3, 0.4) is 0 Å². The number of anilines is 1. The Bertz CT molecular complexity index is 493. The van der Waals surface area contributed by atoms with Crippen molar-refractivity contribution in [2.75, 3.05) is 12.8 Å². The molecule has 0 saturated carbocycles. The monoisotopic (exact) mass is 260 g/mol. The maximum absolute atomic E-state index is 12.3. The summed E-state index contributed by atoms with van der Waals surface area (Å²) in [7, 11) is 1.69.